The van der Waals surface area contributed by atoms with E-state index in [0.29, 0.717) is 0 Å². The van der Waals surface area contributed by atoms with E-state index < -0.39 is 6.10 Å². The van der Waals surface area contributed by atoms with Gasteiger partial charge in [0.05, 0.1) is 6.10 Å². The molecule has 0 aliphatic carbocycles. The summed E-state index contributed by atoms with van der Waals surface area (Å²) < 4.78 is 2.49. The molecule has 0 radical (unpaired) electrons. The van der Waals surface area contributed by atoms with E-state index >= 15 is 0 Å². The van der Waals surface area contributed by atoms with Crippen LogP contribution >= 0.6 is 27.7 Å². The summed E-state index contributed by atoms with van der Waals surface area (Å²) in [5.41, 5.74) is 0.866. The summed E-state index contributed by atoms with van der Waals surface area (Å²) in [5.74, 6) is 0. The second kappa shape index (κ2) is 5.16. The van der Waals surface area contributed by atoms with Gasteiger partial charge in [0.25, 0.3) is 0 Å². The number of rotatable bonds is 3. The minimum Gasteiger partial charge on any atom is -0.389 e. The molecule has 0 bridgehead atoms. The van der Waals surface area contributed by atoms with Gasteiger partial charge in [-0.2, -0.15) is 0 Å². The van der Waals surface area contributed by atoms with Crippen molar-refractivity contribution in [1.82, 2.24) is 20.2 Å². The van der Waals surface area contributed by atoms with E-state index in [0.717, 1.165) is 20.1 Å². The smallest absolute Gasteiger partial charge is 0.213 e. The van der Waals surface area contributed by atoms with E-state index in [1.807, 2.05) is 18.2 Å². The fraction of sp³-hybridized carbons (Fsp3) is 0.300. The van der Waals surface area contributed by atoms with Gasteiger partial charge in [0.2, 0.25) is 5.16 Å². The van der Waals surface area contributed by atoms with E-state index in [1.165, 1.54) is 11.8 Å². The molecule has 0 aliphatic heterocycles. The Morgan fingerprint density at radius 2 is 2.24 bits per heavy atom. The second-order valence-electron chi connectivity index (χ2n) is 3.55. The molecule has 0 unspecified atom stereocenters. The van der Waals surface area contributed by atoms with Crippen LogP contribution in [0.5, 0.6) is 0 Å². The SMILES string of the molecule is C[C@@H](O)c1ccc(Sc2nnnn2C)cc1Br. The molecule has 0 saturated carbocycles. The van der Waals surface area contributed by atoms with Gasteiger partial charge >= 0.3 is 0 Å². The van der Waals surface area contributed by atoms with Crippen molar-refractivity contribution in [3.05, 3.63) is 28.2 Å². The predicted molar refractivity (Wildman–Crippen MR) is 67.7 cm³/mol. The first kappa shape index (κ1) is 12.5. The lowest BCUT2D eigenvalue weighted by Crippen LogP contribution is -1.94. The van der Waals surface area contributed by atoms with E-state index in [9.17, 15) is 5.11 Å². The average molecular weight is 315 g/mol. The molecule has 1 heterocycles. The molecule has 1 aromatic carbocycles. The Hall–Kier alpha value is -0.920. The Labute approximate surface area is 111 Å². The van der Waals surface area contributed by atoms with Gasteiger partial charge in [0, 0.05) is 16.4 Å². The number of aromatic nitrogens is 4. The van der Waals surface area contributed by atoms with E-state index in [4.69, 9.17) is 0 Å². The summed E-state index contributed by atoms with van der Waals surface area (Å²) in [6.07, 6.45) is -0.486. The topological polar surface area (TPSA) is 63.8 Å². The number of halogens is 1. The maximum Gasteiger partial charge on any atom is 0.213 e. The molecule has 0 aliphatic rings. The van der Waals surface area contributed by atoms with Crippen molar-refractivity contribution in [3.8, 4) is 0 Å². The average Bonchev–Trinajstić information content (AvgIpc) is 2.64. The van der Waals surface area contributed by atoms with Crippen LogP contribution in [-0.2, 0) is 7.05 Å². The van der Waals surface area contributed by atoms with Crippen LogP contribution in [0, 0.1) is 0 Å². The van der Waals surface area contributed by atoms with Gasteiger partial charge < -0.3 is 5.11 Å². The molecule has 1 atom stereocenters. The van der Waals surface area contributed by atoms with Crippen molar-refractivity contribution in [2.45, 2.75) is 23.1 Å². The normalized spacial score (nSPS) is 12.7. The van der Waals surface area contributed by atoms with Crippen LogP contribution in [0.4, 0.5) is 0 Å². The summed E-state index contributed by atoms with van der Waals surface area (Å²) >= 11 is 4.91. The van der Waals surface area contributed by atoms with Gasteiger partial charge in [-0.1, -0.05) is 22.0 Å². The Kier molecular flexibility index (Phi) is 3.80. The van der Waals surface area contributed by atoms with Crippen LogP contribution in [0.25, 0.3) is 0 Å². The summed E-state index contributed by atoms with van der Waals surface area (Å²) in [7, 11) is 1.79. The van der Waals surface area contributed by atoms with Crippen molar-refractivity contribution in [1.29, 1.82) is 0 Å². The molecule has 17 heavy (non-hydrogen) atoms. The fourth-order valence-corrected chi connectivity index (χ4v) is 2.95. The highest BCUT2D eigenvalue weighted by molar-refractivity contribution is 9.10. The Morgan fingerprint density at radius 3 is 2.76 bits per heavy atom. The standard InChI is InChI=1S/C10H11BrN4OS/c1-6(16)8-4-3-7(5-9(8)11)17-10-12-13-14-15(10)2/h3-6,16H,1-2H3/t6-/m1/s1. The van der Waals surface area contributed by atoms with Crippen LogP contribution in [0.3, 0.4) is 0 Å². The number of aliphatic hydroxyl groups excluding tert-OH is 1. The Balaban J connectivity index is 2.24. The molecule has 7 heteroatoms. The molecule has 2 aromatic rings. The monoisotopic (exact) mass is 314 g/mol. The predicted octanol–water partition coefficient (Wildman–Crippen LogP) is 2.18. The summed E-state index contributed by atoms with van der Waals surface area (Å²) in [4.78, 5) is 1.01. The molecule has 0 amide bonds. The van der Waals surface area contributed by atoms with Crippen molar-refractivity contribution >= 4 is 27.7 Å². The lowest BCUT2D eigenvalue weighted by Gasteiger charge is -2.08. The highest BCUT2D eigenvalue weighted by Crippen LogP contribution is 2.31. The summed E-state index contributed by atoms with van der Waals surface area (Å²) in [6.45, 7) is 1.74. The maximum absolute atomic E-state index is 9.52. The van der Waals surface area contributed by atoms with Gasteiger partial charge in [-0.25, -0.2) is 4.68 Å². The zero-order valence-electron chi connectivity index (χ0n) is 9.33. The third-order valence-corrected chi connectivity index (χ3v) is 3.92. The highest BCUT2D eigenvalue weighted by Gasteiger charge is 2.09. The first-order chi connectivity index (χ1) is 8.08. The van der Waals surface area contributed by atoms with Gasteiger partial charge in [-0.3, -0.25) is 0 Å². The first-order valence-electron chi connectivity index (χ1n) is 4.95. The molecule has 0 saturated heterocycles. The van der Waals surface area contributed by atoms with Gasteiger partial charge in [-0.05, 0) is 46.8 Å². The number of aryl methyl sites for hydroxylation is 1. The third-order valence-electron chi connectivity index (χ3n) is 2.21. The molecule has 0 spiro atoms. The zero-order chi connectivity index (χ0) is 12.4. The molecule has 5 nitrogen and oxygen atoms in total. The van der Waals surface area contributed by atoms with E-state index in [-0.39, 0.29) is 0 Å². The molecule has 0 fully saturated rings. The van der Waals surface area contributed by atoms with E-state index in [2.05, 4.69) is 31.5 Å². The lowest BCUT2D eigenvalue weighted by atomic mass is 10.1. The van der Waals surface area contributed by atoms with Gasteiger partial charge in [0.1, 0.15) is 0 Å². The zero-order valence-corrected chi connectivity index (χ0v) is 11.7. The van der Waals surface area contributed by atoms with Crippen LogP contribution in [0.15, 0.2) is 32.7 Å². The maximum atomic E-state index is 9.52. The van der Waals surface area contributed by atoms with Crippen LogP contribution in [0.1, 0.15) is 18.6 Å². The third kappa shape index (κ3) is 2.85. The number of aliphatic hydroxyl groups is 1. The number of hydrogen-bond acceptors (Lipinski definition) is 5. The Morgan fingerprint density at radius 1 is 1.47 bits per heavy atom. The quantitative estimate of drug-likeness (QED) is 0.940. The molecule has 90 valence electrons. The largest absolute Gasteiger partial charge is 0.389 e. The number of tetrazole rings is 1. The molecule has 1 aromatic heterocycles. The fourth-order valence-electron chi connectivity index (χ4n) is 1.32. The minimum atomic E-state index is -0.486. The van der Waals surface area contributed by atoms with E-state index in [1.54, 1.807) is 18.7 Å². The summed E-state index contributed by atoms with van der Waals surface area (Å²) in [5, 5.41) is 21.5. The molecule has 1 N–H and O–H groups in total. The summed E-state index contributed by atoms with van der Waals surface area (Å²) in [6, 6.07) is 5.77. The van der Waals surface area contributed by atoms with Crippen molar-refractivity contribution in [2.75, 3.05) is 0 Å². The number of benzene rings is 1. The number of nitrogens with zero attached hydrogens (tertiary/aromatic N) is 4. The van der Waals surface area contributed by atoms with Crippen LogP contribution in [-0.4, -0.2) is 25.3 Å². The van der Waals surface area contributed by atoms with Crippen molar-refractivity contribution in [2.24, 2.45) is 7.05 Å². The van der Waals surface area contributed by atoms with Crippen molar-refractivity contribution in [3.63, 3.8) is 0 Å². The van der Waals surface area contributed by atoms with Crippen molar-refractivity contribution < 1.29 is 5.11 Å². The molecule has 2 rings (SSSR count). The second-order valence-corrected chi connectivity index (χ2v) is 5.44. The van der Waals surface area contributed by atoms with Crippen LogP contribution in [0.2, 0.25) is 0 Å². The highest BCUT2D eigenvalue weighted by atomic mass is 79.9. The molecular weight excluding hydrogens is 304 g/mol. The minimum absolute atomic E-state index is 0.486. The van der Waals surface area contributed by atoms with Crippen LogP contribution < -0.4 is 0 Å². The first-order valence-corrected chi connectivity index (χ1v) is 6.56. The number of hydrogen-bond donors (Lipinski definition) is 1. The van der Waals surface area contributed by atoms with Gasteiger partial charge in [-0.15, -0.1) is 5.10 Å². The van der Waals surface area contributed by atoms with Gasteiger partial charge in [0.15, 0.2) is 0 Å². The molecular formula is C10H11BrN4OS. The lowest BCUT2D eigenvalue weighted by molar-refractivity contribution is 0.198. The Bertz CT molecular complexity index is 529.